The zero-order chi connectivity index (χ0) is 17.5. The molecule has 0 aromatic carbocycles. The van der Waals surface area contributed by atoms with E-state index in [9.17, 15) is 9.59 Å². The van der Waals surface area contributed by atoms with Crippen molar-refractivity contribution in [2.75, 3.05) is 0 Å². The Labute approximate surface area is 144 Å². The number of rotatable bonds is 16. The first-order valence-corrected chi connectivity index (χ1v) is 9.68. The van der Waals surface area contributed by atoms with E-state index in [1.807, 2.05) is 0 Å². The van der Waals surface area contributed by atoms with Gasteiger partial charge >= 0.3 is 0 Å². The third-order valence-corrected chi connectivity index (χ3v) is 4.75. The molecular weight excluding hydrogens is 284 g/mol. The Morgan fingerprint density at radius 3 is 1.52 bits per heavy atom. The van der Waals surface area contributed by atoms with Crippen molar-refractivity contribution in [2.45, 2.75) is 97.8 Å². The number of allylic oxidation sites excluding steroid dienone is 1. The molecule has 0 aliphatic carbocycles. The number of unbranched alkanes of at least 4 members (excludes halogenated alkanes) is 10. The Balaban J connectivity index is 3.67. The molecular formula is C21H38O2. The van der Waals surface area contributed by atoms with Gasteiger partial charge in [0.2, 0.25) is 0 Å². The Morgan fingerprint density at radius 2 is 1.17 bits per heavy atom. The van der Waals surface area contributed by atoms with E-state index >= 15 is 0 Å². The average molecular weight is 323 g/mol. The summed E-state index contributed by atoms with van der Waals surface area (Å²) in [5, 5.41) is 0. The van der Waals surface area contributed by atoms with Gasteiger partial charge in [0.15, 0.2) is 0 Å². The van der Waals surface area contributed by atoms with E-state index in [0.29, 0.717) is 0 Å². The molecule has 0 fully saturated rings. The summed E-state index contributed by atoms with van der Waals surface area (Å²) in [7, 11) is 0. The average Bonchev–Trinajstić information content (AvgIpc) is 2.50. The molecule has 0 aromatic rings. The van der Waals surface area contributed by atoms with Crippen LogP contribution in [-0.4, -0.2) is 11.6 Å². The van der Waals surface area contributed by atoms with Crippen molar-refractivity contribution < 1.29 is 9.59 Å². The Bertz CT molecular complexity index is 319. The summed E-state index contributed by atoms with van der Waals surface area (Å²) in [5.41, 5.74) is 0. The van der Waals surface area contributed by atoms with E-state index in [2.05, 4.69) is 13.5 Å². The molecule has 0 unspecified atom stereocenters. The molecule has 0 spiro atoms. The van der Waals surface area contributed by atoms with Gasteiger partial charge in [-0.3, -0.25) is 9.59 Å². The lowest BCUT2D eigenvalue weighted by atomic mass is 9.82. The molecule has 2 nitrogen and oxygen atoms in total. The molecule has 0 aliphatic rings. The molecule has 0 radical (unpaired) electrons. The van der Waals surface area contributed by atoms with Gasteiger partial charge in [0.25, 0.3) is 0 Å². The van der Waals surface area contributed by atoms with Crippen molar-refractivity contribution in [3.63, 3.8) is 0 Å². The summed E-state index contributed by atoms with van der Waals surface area (Å²) in [6.07, 6.45) is 17.2. The first-order valence-electron chi connectivity index (χ1n) is 9.68. The van der Waals surface area contributed by atoms with Crippen LogP contribution in [0.5, 0.6) is 0 Å². The predicted molar refractivity (Wildman–Crippen MR) is 99.6 cm³/mol. The van der Waals surface area contributed by atoms with Crippen molar-refractivity contribution in [3.8, 4) is 0 Å². The standard InChI is InChI=1S/C21H38O2/c1-5-7-8-9-10-11-12-13-14-15-16-17-20(6-2)21(18(3)22)19(4)23/h6,20-21H,2,5,7-17H2,1,3-4H3/t20-/m1/s1. The van der Waals surface area contributed by atoms with Gasteiger partial charge in [0.05, 0.1) is 5.92 Å². The van der Waals surface area contributed by atoms with E-state index < -0.39 is 5.92 Å². The van der Waals surface area contributed by atoms with Crippen molar-refractivity contribution >= 4 is 11.6 Å². The van der Waals surface area contributed by atoms with E-state index in [1.165, 1.54) is 78.1 Å². The first kappa shape index (κ1) is 22.1. The van der Waals surface area contributed by atoms with Crippen LogP contribution in [0.15, 0.2) is 12.7 Å². The lowest BCUT2D eigenvalue weighted by Gasteiger charge is -2.19. The first-order chi connectivity index (χ1) is 11.0. The van der Waals surface area contributed by atoms with Gasteiger partial charge in [-0.25, -0.2) is 0 Å². The maximum absolute atomic E-state index is 11.6. The highest BCUT2D eigenvalue weighted by Crippen LogP contribution is 2.23. The fourth-order valence-electron chi connectivity index (χ4n) is 3.35. The third kappa shape index (κ3) is 11.3. The number of carbonyl (C=O) groups is 2. The maximum Gasteiger partial charge on any atom is 0.140 e. The molecule has 1 atom stereocenters. The molecule has 0 saturated heterocycles. The number of hydrogen-bond donors (Lipinski definition) is 0. The van der Waals surface area contributed by atoms with Crippen molar-refractivity contribution in [3.05, 3.63) is 12.7 Å². The number of ketones is 2. The quantitative estimate of drug-likeness (QED) is 0.190. The van der Waals surface area contributed by atoms with Crippen LogP contribution in [-0.2, 0) is 9.59 Å². The number of hydrogen-bond acceptors (Lipinski definition) is 2. The second-order valence-corrected chi connectivity index (χ2v) is 6.92. The highest BCUT2D eigenvalue weighted by molar-refractivity contribution is 6.00. The Morgan fingerprint density at radius 1 is 0.783 bits per heavy atom. The molecule has 0 aliphatic heterocycles. The molecule has 0 aromatic heterocycles. The predicted octanol–water partition coefficient (Wildman–Crippen LogP) is 6.28. The Kier molecular flexibility index (Phi) is 14.1. The third-order valence-electron chi connectivity index (χ3n) is 4.75. The van der Waals surface area contributed by atoms with Crippen LogP contribution in [0.3, 0.4) is 0 Å². The van der Waals surface area contributed by atoms with E-state index in [1.54, 1.807) is 6.08 Å². The number of carbonyl (C=O) groups excluding carboxylic acids is 2. The molecule has 23 heavy (non-hydrogen) atoms. The summed E-state index contributed by atoms with van der Waals surface area (Å²) in [6, 6.07) is 0. The van der Waals surface area contributed by atoms with Crippen LogP contribution in [0.2, 0.25) is 0 Å². The monoisotopic (exact) mass is 322 g/mol. The lowest BCUT2D eigenvalue weighted by molar-refractivity contribution is -0.132. The smallest absolute Gasteiger partial charge is 0.140 e. The molecule has 0 N–H and O–H groups in total. The van der Waals surface area contributed by atoms with Crippen LogP contribution in [0, 0.1) is 11.8 Å². The fraction of sp³-hybridized carbons (Fsp3) is 0.810. The van der Waals surface area contributed by atoms with Gasteiger partial charge in [-0.15, -0.1) is 6.58 Å². The maximum atomic E-state index is 11.6. The highest BCUT2D eigenvalue weighted by atomic mass is 16.1. The normalized spacial score (nSPS) is 12.3. The summed E-state index contributed by atoms with van der Waals surface area (Å²) in [5.74, 6) is -0.505. The summed E-state index contributed by atoms with van der Waals surface area (Å²) >= 11 is 0. The highest BCUT2D eigenvalue weighted by Gasteiger charge is 2.26. The summed E-state index contributed by atoms with van der Waals surface area (Å²) in [4.78, 5) is 23.2. The minimum absolute atomic E-state index is 0.0172. The molecule has 0 bridgehead atoms. The van der Waals surface area contributed by atoms with Crippen LogP contribution >= 0.6 is 0 Å². The van der Waals surface area contributed by atoms with Crippen LogP contribution in [0.1, 0.15) is 97.8 Å². The van der Waals surface area contributed by atoms with E-state index in [4.69, 9.17) is 0 Å². The van der Waals surface area contributed by atoms with E-state index in [-0.39, 0.29) is 17.5 Å². The van der Waals surface area contributed by atoms with Gasteiger partial charge in [-0.2, -0.15) is 0 Å². The van der Waals surface area contributed by atoms with Crippen molar-refractivity contribution in [2.24, 2.45) is 11.8 Å². The topological polar surface area (TPSA) is 34.1 Å². The van der Waals surface area contributed by atoms with Crippen LogP contribution in [0.4, 0.5) is 0 Å². The molecule has 134 valence electrons. The van der Waals surface area contributed by atoms with Crippen LogP contribution in [0.25, 0.3) is 0 Å². The molecule has 0 rings (SSSR count). The number of Topliss-reactive ketones (excluding diaryl/α,β-unsaturated/α-hetero) is 2. The van der Waals surface area contributed by atoms with Gasteiger partial charge in [-0.1, -0.05) is 83.6 Å². The second-order valence-electron chi connectivity index (χ2n) is 6.92. The molecule has 0 saturated carbocycles. The molecule has 2 heteroatoms. The minimum Gasteiger partial charge on any atom is -0.299 e. The van der Waals surface area contributed by atoms with Gasteiger partial charge < -0.3 is 0 Å². The zero-order valence-electron chi connectivity index (χ0n) is 15.7. The molecule has 0 amide bonds. The largest absolute Gasteiger partial charge is 0.299 e. The van der Waals surface area contributed by atoms with Gasteiger partial charge in [0, 0.05) is 0 Å². The van der Waals surface area contributed by atoms with Crippen molar-refractivity contribution in [1.29, 1.82) is 0 Å². The molecule has 0 heterocycles. The minimum atomic E-state index is -0.476. The van der Waals surface area contributed by atoms with Crippen molar-refractivity contribution in [1.82, 2.24) is 0 Å². The van der Waals surface area contributed by atoms with Crippen LogP contribution < -0.4 is 0 Å². The van der Waals surface area contributed by atoms with E-state index in [0.717, 1.165) is 12.8 Å². The summed E-state index contributed by atoms with van der Waals surface area (Å²) in [6.45, 7) is 9.10. The Hall–Kier alpha value is -0.920. The van der Waals surface area contributed by atoms with Gasteiger partial charge in [0.1, 0.15) is 11.6 Å². The fourth-order valence-corrected chi connectivity index (χ4v) is 3.35. The lowest BCUT2D eigenvalue weighted by Crippen LogP contribution is -2.27. The second kappa shape index (κ2) is 14.7. The van der Waals surface area contributed by atoms with Gasteiger partial charge in [-0.05, 0) is 26.2 Å². The SMILES string of the molecule is C=C[C@H](CCCCCCCCCCCCC)C(C(C)=O)C(C)=O. The zero-order valence-corrected chi connectivity index (χ0v) is 15.7. The summed E-state index contributed by atoms with van der Waals surface area (Å²) < 4.78 is 0.